The van der Waals surface area contributed by atoms with Crippen molar-refractivity contribution in [3.05, 3.63) is 0 Å². The molecule has 14 heavy (non-hydrogen) atoms. The molecule has 2 atom stereocenters. The zero-order valence-corrected chi connectivity index (χ0v) is 10.1. The van der Waals surface area contributed by atoms with Gasteiger partial charge < -0.3 is 10.2 Å². The molecule has 1 amide bonds. The highest BCUT2D eigenvalue weighted by atomic mass is 32.2. The third kappa shape index (κ3) is 3.88. The Bertz CT molecular complexity index is 197. The second kappa shape index (κ2) is 5.61. The Balaban J connectivity index is 2.07. The second-order valence-electron chi connectivity index (χ2n) is 4.07. The number of hydrogen-bond acceptors (Lipinski definition) is 3. The summed E-state index contributed by atoms with van der Waals surface area (Å²) >= 11 is 2.01. The largest absolute Gasteiger partial charge is 0.349 e. The van der Waals surface area contributed by atoms with Crippen LogP contribution >= 0.6 is 11.8 Å². The summed E-state index contributed by atoms with van der Waals surface area (Å²) in [7, 11) is 3.60. The van der Waals surface area contributed by atoms with Gasteiger partial charge in [-0.3, -0.25) is 4.79 Å². The van der Waals surface area contributed by atoms with Crippen LogP contribution in [0.2, 0.25) is 0 Å². The molecule has 0 aromatic rings. The first-order valence-electron chi connectivity index (χ1n) is 5.14. The Kier molecular flexibility index (Phi) is 4.75. The molecular formula is C10H20N2OS. The van der Waals surface area contributed by atoms with Crippen LogP contribution in [-0.2, 0) is 4.79 Å². The van der Waals surface area contributed by atoms with Gasteiger partial charge >= 0.3 is 0 Å². The van der Waals surface area contributed by atoms with E-state index in [1.807, 2.05) is 11.8 Å². The first kappa shape index (κ1) is 11.9. The maximum Gasteiger partial charge on any atom is 0.223 e. The number of nitrogens with zero attached hydrogens (tertiary/aromatic N) is 1. The average Bonchev–Trinajstić information content (AvgIpc) is 2.51. The predicted molar refractivity (Wildman–Crippen MR) is 61.6 cm³/mol. The summed E-state index contributed by atoms with van der Waals surface area (Å²) in [6.07, 6.45) is 1.85. The molecule has 1 fully saturated rings. The van der Waals surface area contributed by atoms with Crippen LogP contribution in [0, 0.1) is 0 Å². The fraction of sp³-hybridized carbons (Fsp3) is 0.900. The molecule has 0 bridgehead atoms. The van der Waals surface area contributed by atoms with Gasteiger partial charge in [-0.05, 0) is 6.42 Å². The van der Waals surface area contributed by atoms with E-state index in [9.17, 15) is 4.79 Å². The van der Waals surface area contributed by atoms with Crippen molar-refractivity contribution < 1.29 is 4.79 Å². The molecule has 3 nitrogen and oxygen atoms in total. The number of hydrogen-bond donors (Lipinski definition) is 1. The number of rotatable bonds is 4. The van der Waals surface area contributed by atoms with E-state index in [2.05, 4.69) is 12.2 Å². The van der Waals surface area contributed by atoms with Crippen LogP contribution < -0.4 is 5.32 Å². The molecule has 0 aromatic heterocycles. The van der Waals surface area contributed by atoms with Gasteiger partial charge in [-0.2, -0.15) is 11.8 Å². The van der Waals surface area contributed by atoms with Crippen molar-refractivity contribution in [1.29, 1.82) is 0 Å². The molecule has 0 radical (unpaired) electrons. The molecule has 1 rings (SSSR count). The van der Waals surface area contributed by atoms with Crippen molar-refractivity contribution in [2.75, 3.05) is 26.4 Å². The van der Waals surface area contributed by atoms with Crippen molar-refractivity contribution in [3.63, 3.8) is 0 Å². The minimum atomic E-state index is 0.205. The van der Waals surface area contributed by atoms with Gasteiger partial charge in [0, 0.05) is 44.1 Å². The third-order valence-corrected chi connectivity index (χ3v) is 3.83. The Morgan fingerprint density at radius 2 is 2.29 bits per heavy atom. The lowest BCUT2D eigenvalue weighted by atomic mass is 10.2. The third-order valence-electron chi connectivity index (χ3n) is 2.47. The molecule has 2 unspecified atom stereocenters. The van der Waals surface area contributed by atoms with E-state index in [1.54, 1.807) is 19.0 Å². The summed E-state index contributed by atoms with van der Waals surface area (Å²) in [5.41, 5.74) is 0. The monoisotopic (exact) mass is 216 g/mol. The summed E-state index contributed by atoms with van der Waals surface area (Å²) < 4.78 is 0. The van der Waals surface area contributed by atoms with Gasteiger partial charge in [-0.25, -0.2) is 0 Å². The zero-order chi connectivity index (χ0) is 10.6. The maximum absolute atomic E-state index is 11.3. The van der Waals surface area contributed by atoms with Crippen molar-refractivity contribution in [1.82, 2.24) is 10.2 Å². The van der Waals surface area contributed by atoms with E-state index in [0.29, 0.717) is 12.5 Å². The quantitative estimate of drug-likeness (QED) is 0.759. The van der Waals surface area contributed by atoms with Crippen LogP contribution in [0.25, 0.3) is 0 Å². The molecular weight excluding hydrogens is 196 g/mol. The summed E-state index contributed by atoms with van der Waals surface area (Å²) in [4.78, 5) is 12.9. The molecule has 0 aliphatic carbocycles. The van der Waals surface area contributed by atoms with Gasteiger partial charge in [0.1, 0.15) is 0 Å². The van der Waals surface area contributed by atoms with Crippen molar-refractivity contribution in [2.45, 2.75) is 31.1 Å². The lowest BCUT2D eigenvalue weighted by molar-refractivity contribution is -0.128. The SMILES string of the molecule is CC1CC(NCCC(=O)N(C)C)CS1. The van der Waals surface area contributed by atoms with E-state index in [-0.39, 0.29) is 5.91 Å². The number of amides is 1. The first-order valence-corrected chi connectivity index (χ1v) is 6.19. The number of carbonyl (C=O) groups is 1. The fourth-order valence-corrected chi connectivity index (χ4v) is 2.75. The molecule has 0 spiro atoms. The summed E-state index contributed by atoms with van der Waals surface area (Å²) in [6.45, 7) is 3.08. The lowest BCUT2D eigenvalue weighted by Crippen LogP contribution is -2.33. The van der Waals surface area contributed by atoms with Crippen LogP contribution in [0.3, 0.4) is 0 Å². The van der Waals surface area contributed by atoms with E-state index >= 15 is 0 Å². The van der Waals surface area contributed by atoms with Gasteiger partial charge in [0.15, 0.2) is 0 Å². The average molecular weight is 216 g/mol. The Labute approximate surface area is 90.6 Å². The Morgan fingerprint density at radius 1 is 1.57 bits per heavy atom. The fourth-order valence-electron chi connectivity index (χ4n) is 1.57. The van der Waals surface area contributed by atoms with Crippen LogP contribution in [0.5, 0.6) is 0 Å². The molecule has 1 aliphatic heterocycles. The van der Waals surface area contributed by atoms with Gasteiger partial charge in [-0.15, -0.1) is 0 Å². The van der Waals surface area contributed by atoms with Gasteiger partial charge in [0.05, 0.1) is 0 Å². The van der Waals surface area contributed by atoms with Crippen LogP contribution in [-0.4, -0.2) is 48.5 Å². The standard InChI is InChI=1S/C10H20N2OS/c1-8-6-9(7-14-8)11-5-4-10(13)12(2)3/h8-9,11H,4-7H2,1-3H3. The minimum Gasteiger partial charge on any atom is -0.349 e. The van der Waals surface area contributed by atoms with Crippen molar-refractivity contribution in [2.24, 2.45) is 0 Å². The molecule has 0 saturated carbocycles. The molecule has 4 heteroatoms. The molecule has 1 aliphatic rings. The van der Waals surface area contributed by atoms with E-state index in [1.165, 1.54) is 12.2 Å². The van der Waals surface area contributed by atoms with Gasteiger partial charge in [-0.1, -0.05) is 6.92 Å². The van der Waals surface area contributed by atoms with Crippen LogP contribution in [0.15, 0.2) is 0 Å². The zero-order valence-electron chi connectivity index (χ0n) is 9.25. The highest BCUT2D eigenvalue weighted by Gasteiger charge is 2.21. The molecule has 0 aromatic carbocycles. The Morgan fingerprint density at radius 3 is 2.79 bits per heavy atom. The minimum absolute atomic E-state index is 0.205. The highest BCUT2D eigenvalue weighted by molar-refractivity contribution is 8.00. The normalized spacial score (nSPS) is 26.5. The second-order valence-corrected chi connectivity index (χ2v) is 5.54. The van der Waals surface area contributed by atoms with Crippen molar-refractivity contribution >= 4 is 17.7 Å². The highest BCUT2D eigenvalue weighted by Crippen LogP contribution is 2.25. The molecule has 1 saturated heterocycles. The lowest BCUT2D eigenvalue weighted by Gasteiger charge is -2.13. The number of thioether (sulfide) groups is 1. The first-order chi connectivity index (χ1) is 6.59. The summed E-state index contributed by atoms with van der Waals surface area (Å²) in [5, 5.41) is 4.20. The van der Waals surface area contributed by atoms with Gasteiger partial charge in [0.2, 0.25) is 5.91 Å². The predicted octanol–water partition coefficient (Wildman–Crippen LogP) is 0.948. The van der Waals surface area contributed by atoms with Crippen LogP contribution in [0.4, 0.5) is 0 Å². The molecule has 1 heterocycles. The van der Waals surface area contributed by atoms with Crippen molar-refractivity contribution in [3.8, 4) is 0 Å². The van der Waals surface area contributed by atoms with E-state index in [4.69, 9.17) is 0 Å². The summed E-state index contributed by atoms with van der Waals surface area (Å²) in [6, 6.07) is 0.616. The topological polar surface area (TPSA) is 32.3 Å². The van der Waals surface area contributed by atoms with E-state index in [0.717, 1.165) is 11.8 Å². The Hall–Kier alpha value is -0.220. The van der Waals surface area contributed by atoms with Crippen LogP contribution in [0.1, 0.15) is 19.8 Å². The number of carbonyl (C=O) groups excluding carboxylic acids is 1. The smallest absolute Gasteiger partial charge is 0.223 e. The molecule has 1 N–H and O–H groups in total. The summed E-state index contributed by atoms with van der Waals surface area (Å²) in [5.74, 6) is 1.40. The number of nitrogens with one attached hydrogen (secondary N) is 1. The molecule has 82 valence electrons. The maximum atomic E-state index is 11.3. The van der Waals surface area contributed by atoms with E-state index < -0.39 is 0 Å². The van der Waals surface area contributed by atoms with Gasteiger partial charge in [0.25, 0.3) is 0 Å².